The SMILES string of the molecule is CC/C=C\C/C=C\C/C=C\C/C=C\CCCCCCCCCCCCCCCCCCC(=O)OC(COC(=O)CCCCCCCCCCCCCCCC/C=C\C/C=C\C/C=C\C/C=C\CC)COC(OCC[N+](C)(C)C)C(=O)[O-]. The molecule has 0 aliphatic carbocycles. The van der Waals surface area contributed by atoms with Crippen LogP contribution in [0.1, 0.15) is 284 Å². The number of hydrogen-bond acceptors (Lipinski definition) is 8. The quantitative estimate of drug-likeness (QED) is 0.0195. The van der Waals surface area contributed by atoms with Crippen LogP contribution in [-0.4, -0.2) is 82.3 Å². The second kappa shape index (κ2) is 62.3. The van der Waals surface area contributed by atoms with Gasteiger partial charge in [0.2, 0.25) is 0 Å². The summed E-state index contributed by atoms with van der Waals surface area (Å²) in [6, 6.07) is 0. The van der Waals surface area contributed by atoms with E-state index in [9.17, 15) is 19.5 Å². The maximum absolute atomic E-state index is 12.9. The molecule has 0 aromatic heterocycles. The van der Waals surface area contributed by atoms with Crippen LogP contribution in [0, 0.1) is 0 Å². The second-order valence-electron chi connectivity index (χ2n) is 23.3. The van der Waals surface area contributed by atoms with Crippen molar-refractivity contribution in [3.8, 4) is 0 Å². The highest BCUT2D eigenvalue weighted by atomic mass is 16.7. The zero-order valence-electron chi connectivity index (χ0n) is 53.1. The molecule has 0 aliphatic rings. The highest BCUT2D eigenvalue weighted by molar-refractivity contribution is 5.70. The Labute approximate surface area is 499 Å². The Morgan fingerprint density at radius 2 is 0.667 bits per heavy atom. The molecule has 2 atom stereocenters. The molecule has 0 bridgehead atoms. The molecule has 0 saturated carbocycles. The molecule has 466 valence electrons. The van der Waals surface area contributed by atoms with Crippen LogP contribution in [0.4, 0.5) is 0 Å². The van der Waals surface area contributed by atoms with Crippen LogP contribution in [0.2, 0.25) is 0 Å². The van der Waals surface area contributed by atoms with E-state index in [4.69, 9.17) is 18.9 Å². The summed E-state index contributed by atoms with van der Waals surface area (Å²) in [6.45, 7) is 4.55. The van der Waals surface area contributed by atoms with Crippen molar-refractivity contribution in [3.63, 3.8) is 0 Å². The second-order valence-corrected chi connectivity index (χ2v) is 23.3. The first kappa shape index (κ1) is 77.2. The van der Waals surface area contributed by atoms with Gasteiger partial charge in [0.1, 0.15) is 13.2 Å². The first-order valence-electron chi connectivity index (χ1n) is 33.4. The zero-order chi connectivity index (χ0) is 59.1. The highest BCUT2D eigenvalue weighted by Crippen LogP contribution is 2.17. The van der Waals surface area contributed by atoms with Gasteiger partial charge < -0.3 is 33.3 Å². The summed E-state index contributed by atoms with van der Waals surface area (Å²) in [7, 11) is 5.93. The van der Waals surface area contributed by atoms with Gasteiger partial charge in [-0.05, 0) is 89.9 Å². The van der Waals surface area contributed by atoms with Crippen LogP contribution in [0.3, 0.4) is 0 Å². The summed E-state index contributed by atoms with van der Waals surface area (Å²) in [5.74, 6) is -2.28. The summed E-state index contributed by atoms with van der Waals surface area (Å²) in [6.07, 6.45) is 81.9. The van der Waals surface area contributed by atoms with E-state index in [0.717, 1.165) is 89.9 Å². The molecule has 0 saturated heterocycles. The molecule has 0 radical (unpaired) electrons. The normalized spacial score (nSPS) is 13.3. The molecule has 81 heavy (non-hydrogen) atoms. The molecule has 0 amide bonds. The van der Waals surface area contributed by atoms with Crippen molar-refractivity contribution in [2.45, 2.75) is 296 Å². The molecule has 0 aromatic carbocycles. The van der Waals surface area contributed by atoms with Crippen LogP contribution in [0.15, 0.2) is 97.2 Å². The van der Waals surface area contributed by atoms with Gasteiger partial charge in [-0.2, -0.15) is 0 Å². The third-order valence-corrected chi connectivity index (χ3v) is 14.3. The van der Waals surface area contributed by atoms with Crippen molar-refractivity contribution < 1.29 is 42.9 Å². The number of esters is 2. The fraction of sp³-hybridized carbons (Fsp3) is 0.736. The maximum atomic E-state index is 12.9. The van der Waals surface area contributed by atoms with Crippen molar-refractivity contribution in [1.29, 1.82) is 0 Å². The maximum Gasteiger partial charge on any atom is 0.306 e. The lowest BCUT2D eigenvalue weighted by atomic mass is 10.0. The Balaban J connectivity index is 4.13. The Morgan fingerprint density at radius 1 is 0.370 bits per heavy atom. The molecule has 9 heteroatoms. The van der Waals surface area contributed by atoms with E-state index in [1.807, 2.05) is 21.1 Å². The van der Waals surface area contributed by atoms with E-state index in [1.165, 1.54) is 161 Å². The van der Waals surface area contributed by atoms with Crippen LogP contribution in [-0.2, 0) is 33.3 Å². The molecule has 0 N–H and O–H groups in total. The Morgan fingerprint density at radius 3 is 0.988 bits per heavy atom. The molecule has 0 spiro atoms. The summed E-state index contributed by atoms with van der Waals surface area (Å²) >= 11 is 0. The molecule has 0 aromatic rings. The number of rotatable bonds is 61. The minimum absolute atomic E-state index is 0.145. The predicted octanol–water partition coefficient (Wildman–Crippen LogP) is 19.1. The standard InChI is InChI=1S/C72H125NO8/c1-6-8-10-12-14-16-18-20-22-24-26-28-30-32-34-35-37-39-41-43-45-47-49-51-53-55-57-59-61-63-70(75)81-68(67-80-72(71(76)77)78-65-64-73(3,4)5)66-79-69(74)62-60-58-56-54-52-50-48-46-44-42-40-38-36-33-31-29-27-25-23-21-19-17-15-13-11-9-7-2/h8-11,14-17,20-23,26-29,68,72H,6-7,12-13,18-19,24-25,30-67H2,1-5H3/b10-8-,11-9-,16-14-,17-15-,22-20-,23-21-,28-26-,29-27-. The van der Waals surface area contributed by atoms with Crippen molar-refractivity contribution in [2.24, 2.45) is 0 Å². The predicted molar refractivity (Wildman–Crippen MR) is 343 cm³/mol. The van der Waals surface area contributed by atoms with Crippen molar-refractivity contribution in [2.75, 3.05) is 47.5 Å². The van der Waals surface area contributed by atoms with Gasteiger partial charge in [-0.1, -0.05) is 278 Å². The van der Waals surface area contributed by atoms with Gasteiger partial charge in [0.15, 0.2) is 12.4 Å². The molecular formula is C72H125NO8. The molecule has 9 nitrogen and oxygen atoms in total. The molecular weight excluding hydrogens is 1010 g/mol. The summed E-state index contributed by atoms with van der Waals surface area (Å²) in [5.41, 5.74) is 0. The van der Waals surface area contributed by atoms with Crippen LogP contribution < -0.4 is 5.11 Å². The van der Waals surface area contributed by atoms with Crippen LogP contribution in [0.5, 0.6) is 0 Å². The molecule has 0 aliphatic heterocycles. The van der Waals surface area contributed by atoms with Gasteiger partial charge in [0.05, 0.1) is 40.3 Å². The van der Waals surface area contributed by atoms with Gasteiger partial charge in [-0.15, -0.1) is 0 Å². The molecule has 0 heterocycles. The summed E-state index contributed by atoms with van der Waals surface area (Å²) in [5, 5.41) is 11.8. The van der Waals surface area contributed by atoms with Gasteiger partial charge in [0, 0.05) is 12.8 Å². The van der Waals surface area contributed by atoms with E-state index in [0.29, 0.717) is 17.4 Å². The number of unbranched alkanes of at least 4 members (excludes halogenated alkanes) is 30. The number of carbonyl (C=O) groups is 3. The van der Waals surface area contributed by atoms with Crippen LogP contribution >= 0.6 is 0 Å². The smallest absolute Gasteiger partial charge is 0.306 e. The number of aliphatic carboxylic acids is 1. The minimum atomic E-state index is -1.63. The molecule has 0 rings (SSSR count). The Kier molecular flexibility index (Phi) is 59.3. The number of hydrogen-bond donors (Lipinski definition) is 0. The van der Waals surface area contributed by atoms with Crippen molar-refractivity contribution >= 4 is 17.9 Å². The average molecular weight is 1130 g/mol. The summed E-state index contributed by atoms with van der Waals surface area (Å²) in [4.78, 5) is 37.5. The Bertz CT molecular complexity index is 1650. The lowest BCUT2D eigenvalue weighted by Crippen LogP contribution is -2.44. The number of carbonyl (C=O) groups excluding carboxylic acids is 3. The topological polar surface area (TPSA) is 111 Å². The Hall–Kier alpha value is -3.79. The van der Waals surface area contributed by atoms with Gasteiger partial charge in [-0.25, -0.2) is 0 Å². The number of allylic oxidation sites excluding steroid dienone is 16. The van der Waals surface area contributed by atoms with Crippen molar-refractivity contribution in [3.05, 3.63) is 97.2 Å². The fourth-order valence-corrected chi connectivity index (χ4v) is 9.29. The number of carboxylic acid groups (broad SMARTS) is 1. The molecule has 0 fully saturated rings. The largest absolute Gasteiger partial charge is 0.545 e. The monoisotopic (exact) mass is 1130 g/mol. The number of nitrogens with zero attached hydrogens (tertiary/aromatic N) is 1. The van der Waals surface area contributed by atoms with Crippen LogP contribution in [0.25, 0.3) is 0 Å². The number of likely N-dealkylation sites (N-methyl/N-ethyl adjacent to an activating group) is 1. The van der Waals surface area contributed by atoms with E-state index >= 15 is 0 Å². The molecule has 2 unspecified atom stereocenters. The third-order valence-electron chi connectivity index (χ3n) is 14.3. The van der Waals surface area contributed by atoms with E-state index in [1.54, 1.807) is 0 Å². The first-order chi connectivity index (χ1) is 39.6. The minimum Gasteiger partial charge on any atom is -0.545 e. The van der Waals surface area contributed by atoms with Crippen molar-refractivity contribution in [1.82, 2.24) is 0 Å². The van der Waals surface area contributed by atoms with E-state index in [2.05, 4.69) is 111 Å². The average Bonchev–Trinajstić information content (AvgIpc) is 3.44. The number of quaternary nitrogens is 1. The lowest BCUT2D eigenvalue weighted by molar-refractivity contribution is -0.870. The van der Waals surface area contributed by atoms with Gasteiger partial charge in [0.25, 0.3) is 0 Å². The highest BCUT2D eigenvalue weighted by Gasteiger charge is 2.22. The summed E-state index contributed by atoms with van der Waals surface area (Å²) < 4.78 is 22.8. The van der Waals surface area contributed by atoms with E-state index in [-0.39, 0.29) is 38.6 Å². The first-order valence-corrected chi connectivity index (χ1v) is 33.4. The van der Waals surface area contributed by atoms with Gasteiger partial charge in [-0.3, -0.25) is 9.59 Å². The van der Waals surface area contributed by atoms with Gasteiger partial charge >= 0.3 is 11.9 Å². The number of carboxylic acids is 1. The lowest BCUT2D eigenvalue weighted by Gasteiger charge is -2.26. The third kappa shape index (κ3) is 63.6. The fourth-order valence-electron chi connectivity index (χ4n) is 9.29. The zero-order valence-corrected chi connectivity index (χ0v) is 53.1. The van der Waals surface area contributed by atoms with E-state index < -0.39 is 24.3 Å². The number of ether oxygens (including phenoxy) is 4.